The van der Waals surface area contributed by atoms with Crippen LogP contribution in [0.15, 0.2) is 54.6 Å². The third kappa shape index (κ3) is 3.92. The summed E-state index contributed by atoms with van der Waals surface area (Å²) in [5, 5.41) is 0. The van der Waals surface area contributed by atoms with Crippen LogP contribution in [0, 0.1) is 0 Å². The van der Waals surface area contributed by atoms with Crippen LogP contribution in [-0.2, 0) is 0 Å². The third-order valence-corrected chi connectivity index (χ3v) is 3.32. The van der Waals surface area contributed by atoms with E-state index < -0.39 is 0 Å². The predicted molar refractivity (Wildman–Crippen MR) is 87.4 cm³/mol. The molecule has 0 fully saturated rings. The number of methoxy groups -OCH3 is 1. The molecule has 0 saturated carbocycles. The standard InChI is InChI=1S/C19H18O3/c1-3-4-14-5-7-15(8-6-14)18(20)13-19(21)16-9-11-17(22-2)12-10-16/h3-12H,13H2,1-2H3/b4-3+. The normalized spacial score (nSPS) is 10.6. The molecule has 0 aliphatic heterocycles. The van der Waals surface area contributed by atoms with Crippen LogP contribution in [0.5, 0.6) is 5.75 Å². The van der Waals surface area contributed by atoms with Crippen LogP contribution in [0.25, 0.3) is 6.08 Å². The van der Waals surface area contributed by atoms with Crippen LogP contribution < -0.4 is 4.74 Å². The monoisotopic (exact) mass is 294 g/mol. The molecule has 0 amide bonds. The quantitative estimate of drug-likeness (QED) is 0.593. The number of carbonyl (C=O) groups is 2. The molecule has 0 bridgehead atoms. The minimum absolute atomic E-state index is 0.130. The van der Waals surface area contributed by atoms with Crippen molar-refractivity contribution >= 4 is 17.6 Å². The van der Waals surface area contributed by atoms with E-state index in [-0.39, 0.29) is 18.0 Å². The second kappa shape index (κ2) is 7.36. The van der Waals surface area contributed by atoms with Crippen LogP contribution in [0.4, 0.5) is 0 Å². The maximum atomic E-state index is 12.2. The Kier molecular flexibility index (Phi) is 5.26. The highest BCUT2D eigenvalue weighted by molar-refractivity contribution is 6.13. The van der Waals surface area contributed by atoms with E-state index in [1.165, 1.54) is 0 Å². The first kappa shape index (κ1) is 15.7. The summed E-state index contributed by atoms with van der Waals surface area (Å²) in [6, 6.07) is 14.0. The molecule has 0 aliphatic rings. The highest BCUT2D eigenvalue weighted by Gasteiger charge is 2.13. The van der Waals surface area contributed by atoms with E-state index in [9.17, 15) is 9.59 Å². The van der Waals surface area contributed by atoms with Gasteiger partial charge in [-0.2, -0.15) is 0 Å². The molecular formula is C19H18O3. The van der Waals surface area contributed by atoms with Gasteiger partial charge in [0.15, 0.2) is 11.6 Å². The van der Waals surface area contributed by atoms with Crippen molar-refractivity contribution in [1.29, 1.82) is 0 Å². The summed E-state index contributed by atoms with van der Waals surface area (Å²) in [4.78, 5) is 24.3. The van der Waals surface area contributed by atoms with Crippen molar-refractivity contribution in [2.75, 3.05) is 7.11 Å². The zero-order valence-electron chi connectivity index (χ0n) is 12.7. The van der Waals surface area contributed by atoms with Crippen molar-refractivity contribution in [3.05, 3.63) is 71.3 Å². The molecule has 0 unspecified atom stereocenters. The molecule has 0 saturated heterocycles. The highest BCUT2D eigenvalue weighted by atomic mass is 16.5. The fraction of sp³-hybridized carbons (Fsp3) is 0.158. The summed E-state index contributed by atoms with van der Waals surface area (Å²) >= 11 is 0. The van der Waals surface area contributed by atoms with E-state index in [0.29, 0.717) is 16.9 Å². The number of carbonyl (C=O) groups excluding carboxylic acids is 2. The summed E-state index contributed by atoms with van der Waals surface area (Å²) in [5.41, 5.74) is 2.09. The number of benzene rings is 2. The lowest BCUT2D eigenvalue weighted by Crippen LogP contribution is -2.08. The van der Waals surface area contributed by atoms with Gasteiger partial charge in [-0.25, -0.2) is 0 Å². The SMILES string of the molecule is C/C=C/c1ccc(C(=O)CC(=O)c2ccc(OC)cc2)cc1. The molecule has 0 aromatic heterocycles. The minimum Gasteiger partial charge on any atom is -0.497 e. The van der Waals surface area contributed by atoms with Crippen molar-refractivity contribution in [3.8, 4) is 5.75 Å². The third-order valence-electron chi connectivity index (χ3n) is 3.32. The Bertz CT molecular complexity index is 680. The van der Waals surface area contributed by atoms with Gasteiger partial charge in [0.1, 0.15) is 5.75 Å². The summed E-state index contributed by atoms with van der Waals surface area (Å²) in [6.45, 7) is 1.94. The Morgan fingerprint density at radius 3 is 1.86 bits per heavy atom. The second-order valence-electron chi connectivity index (χ2n) is 4.87. The van der Waals surface area contributed by atoms with Crippen molar-refractivity contribution in [3.63, 3.8) is 0 Å². The topological polar surface area (TPSA) is 43.4 Å². The van der Waals surface area contributed by atoms with E-state index in [1.54, 1.807) is 43.5 Å². The molecule has 22 heavy (non-hydrogen) atoms. The summed E-state index contributed by atoms with van der Waals surface area (Å²) in [7, 11) is 1.57. The average Bonchev–Trinajstić information content (AvgIpc) is 2.55. The highest BCUT2D eigenvalue weighted by Crippen LogP contribution is 2.15. The maximum Gasteiger partial charge on any atom is 0.170 e. The lowest BCUT2D eigenvalue weighted by atomic mass is 10.0. The van der Waals surface area contributed by atoms with Crippen molar-refractivity contribution in [1.82, 2.24) is 0 Å². The van der Waals surface area contributed by atoms with Gasteiger partial charge < -0.3 is 4.74 Å². The Morgan fingerprint density at radius 1 is 0.909 bits per heavy atom. The van der Waals surface area contributed by atoms with Crippen LogP contribution in [0.1, 0.15) is 39.6 Å². The summed E-state index contributed by atoms with van der Waals surface area (Å²) < 4.78 is 5.05. The zero-order chi connectivity index (χ0) is 15.9. The van der Waals surface area contributed by atoms with E-state index >= 15 is 0 Å². The van der Waals surface area contributed by atoms with E-state index in [4.69, 9.17) is 4.74 Å². The smallest absolute Gasteiger partial charge is 0.170 e. The van der Waals surface area contributed by atoms with E-state index in [2.05, 4.69) is 0 Å². The molecule has 3 nitrogen and oxygen atoms in total. The summed E-state index contributed by atoms with van der Waals surface area (Å²) in [5.74, 6) is 0.320. The number of rotatable bonds is 6. The van der Waals surface area contributed by atoms with Crippen LogP contribution in [0.3, 0.4) is 0 Å². The molecule has 0 aliphatic carbocycles. The Hall–Kier alpha value is -2.68. The van der Waals surface area contributed by atoms with Crippen LogP contribution in [-0.4, -0.2) is 18.7 Å². The van der Waals surface area contributed by atoms with Gasteiger partial charge in [0.2, 0.25) is 0 Å². The maximum absolute atomic E-state index is 12.2. The molecule has 2 aromatic carbocycles. The molecule has 0 N–H and O–H groups in total. The van der Waals surface area contributed by atoms with Gasteiger partial charge in [-0.1, -0.05) is 36.4 Å². The zero-order valence-corrected chi connectivity index (χ0v) is 12.7. The van der Waals surface area contributed by atoms with Crippen molar-refractivity contribution < 1.29 is 14.3 Å². The van der Waals surface area contributed by atoms with E-state index in [1.807, 2.05) is 31.2 Å². The Balaban J connectivity index is 2.05. The molecule has 3 heteroatoms. The van der Waals surface area contributed by atoms with Gasteiger partial charge in [0.05, 0.1) is 13.5 Å². The van der Waals surface area contributed by atoms with Gasteiger partial charge in [-0.3, -0.25) is 9.59 Å². The number of Topliss-reactive ketones (excluding diaryl/α,β-unsaturated/α-hetero) is 2. The molecule has 0 heterocycles. The largest absolute Gasteiger partial charge is 0.497 e. The molecule has 2 aromatic rings. The molecule has 0 atom stereocenters. The van der Waals surface area contributed by atoms with Crippen molar-refractivity contribution in [2.24, 2.45) is 0 Å². The van der Waals surface area contributed by atoms with Gasteiger partial charge in [-0.05, 0) is 36.8 Å². The lowest BCUT2D eigenvalue weighted by molar-refractivity contribution is 0.0894. The molecule has 0 spiro atoms. The minimum atomic E-state index is -0.190. The number of ether oxygens (including phenoxy) is 1. The van der Waals surface area contributed by atoms with Gasteiger partial charge in [0, 0.05) is 11.1 Å². The van der Waals surface area contributed by atoms with Gasteiger partial charge >= 0.3 is 0 Å². The first-order valence-corrected chi connectivity index (χ1v) is 7.07. The molecular weight excluding hydrogens is 276 g/mol. The molecule has 2 rings (SSSR count). The predicted octanol–water partition coefficient (Wildman–Crippen LogP) is 4.18. The number of ketones is 2. The fourth-order valence-electron chi connectivity index (χ4n) is 2.10. The fourth-order valence-corrected chi connectivity index (χ4v) is 2.10. The molecule has 0 radical (unpaired) electrons. The second-order valence-corrected chi connectivity index (χ2v) is 4.87. The number of hydrogen-bond donors (Lipinski definition) is 0. The number of hydrogen-bond acceptors (Lipinski definition) is 3. The van der Waals surface area contributed by atoms with Crippen LogP contribution >= 0.6 is 0 Å². The van der Waals surface area contributed by atoms with Gasteiger partial charge in [0.25, 0.3) is 0 Å². The first-order valence-electron chi connectivity index (χ1n) is 7.07. The first-order chi connectivity index (χ1) is 10.6. The van der Waals surface area contributed by atoms with Gasteiger partial charge in [-0.15, -0.1) is 0 Å². The van der Waals surface area contributed by atoms with Crippen LogP contribution in [0.2, 0.25) is 0 Å². The summed E-state index contributed by atoms with van der Waals surface area (Å²) in [6.07, 6.45) is 3.76. The lowest BCUT2D eigenvalue weighted by Gasteiger charge is -2.04. The molecule has 112 valence electrons. The average molecular weight is 294 g/mol. The van der Waals surface area contributed by atoms with Crippen molar-refractivity contribution in [2.45, 2.75) is 13.3 Å². The Morgan fingerprint density at radius 2 is 1.41 bits per heavy atom. The Labute approximate surface area is 130 Å². The number of allylic oxidation sites excluding steroid dienone is 1. The van der Waals surface area contributed by atoms with E-state index in [0.717, 1.165) is 5.56 Å².